The maximum absolute atomic E-state index is 13.4. The Morgan fingerprint density at radius 3 is 2.19 bits per heavy atom. The van der Waals surface area contributed by atoms with Gasteiger partial charge in [-0.15, -0.1) is 0 Å². The maximum Gasteiger partial charge on any atom is 0.275 e. The number of aromatic nitrogens is 2. The molecular formula is C24H18N2O. The second kappa shape index (κ2) is 6.29. The van der Waals surface area contributed by atoms with E-state index in [2.05, 4.69) is 41.4 Å². The van der Waals surface area contributed by atoms with E-state index in [0.717, 1.165) is 33.1 Å². The Labute approximate surface area is 156 Å². The van der Waals surface area contributed by atoms with Gasteiger partial charge in [0, 0.05) is 16.3 Å². The van der Waals surface area contributed by atoms with Crippen LogP contribution in [-0.2, 0) is 6.54 Å². The van der Waals surface area contributed by atoms with Crippen LogP contribution in [0, 0.1) is 0 Å². The van der Waals surface area contributed by atoms with Gasteiger partial charge in [0.05, 0.1) is 12.2 Å². The number of hydrogen-bond donors (Lipinski definition) is 1. The summed E-state index contributed by atoms with van der Waals surface area (Å²) in [5.74, 6) is 0. The summed E-state index contributed by atoms with van der Waals surface area (Å²) in [5, 5.41) is 2.05. The van der Waals surface area contributed by atoms with Gasteiger partial charge in [0.2, 0.25) is 0 Å². The molecule has 2 aromatic heterocycles. The second-order valence-corrected chi connectivity index (χ2v) is 6.73. The molecule has 0 unspecified atom stereocenters. The molecule has 5 rings (SSSR count). The number of nitrogens with zero attached hydrogens (tertiary/aromatic N) is 1. The molecule has 3 nitrogen and oxygen atoms in total. The van der Waals surface area contributed by atoms with Crippen LogP contribution >= 0.6 is 0 Å². The number of hydrogen-bond acceptors (Lipinski definition) is 1. The van der Waals surface area contributed by atoms with Crippen LogP contribution in [0.4, 0.5) is 0 Å². The van der Waals surface area contributed by atoms with E-state index in [0.29, 0.717) is 12.1 Å². The lowest BCUT2D eigenvalue weighted by molar-refractivity contribution is 0.775. The third kappa shape index (κ3) is 2.64. The van der Waals surface area contributed by atoms with E-state index in [9.17, 15) is 4.79 Å². The van der Waals surface area contributed by atoms with Crippen LogP contribution in [0.25, 0.3) is 33.1 Å². The highest BCUT2D eigenvalue weighted by Crippen LogP contribution is 2.28. The Morgan fingerprint density at radius 1 is 0.741 bits per heavy atom. The Bertz CT molecular complexity index is 1300. The Balaban J connectivity index is 1.84. The predicted molar refractivity (Wildman–Crippen MR) is 111 cm³/mol. The van der Waals surface area contributed by atoms with Gasteiger partial charge in [-0.25, -0.2) is 0 Å². The summed E-state index contributed by atoms with van der Waals surface area (Å²) in [6.45, 7) is 0.537. The molecule has 0 amide bonds. The third-order valence-corrected chi connectivity index (χ3v) is 5.03. The largest absolute Gasteiger partial charge is 0.350 e. The van der Waals surface area contributed by atoms with Crippen LogP contribution < -0.4 is 5.56 Å². The molecule has 5 aromatic rings. The molecule has 0 spiro atoms. The number of aromatic amines is 1. The van der Waals surface area contributed by atoms with Gasteiger partial charge in [-0.3, -0.25) is 4.79 Å². The zero-order valence-corrected chi connectivity index (χ0v) is 14.7. The number of benzene rings is 3. The summed E-state index contributed by atoms with van der Waals surface area (Å²) >= 11 is 0. The Hall–Kier alpha value is -3.59. The molecule has 0 aliphatic rings. The smallest absolute Gasteiger partial charge is 0.275 e. The van der Waals surface area contributed by atoms with E-state index < -0.39 is 0 Å². The van der Waals surface area contributed by atoms with Crippen LogP contribution in [0.3, 0.4) is 0 Å². The van der Waals surface area contributed by atoms with Crippen LogP contribution in [0.15, 0.2) is 95.8 Å². The first kappa shape index (κ1) is 15.6. The molecule has 0 aliphatic carbocycles. The molecule has 0 saturated carbocycles. The number of fused-ring (bicyclic) bond motifs is 3. The topological polar surface area (TPSA) is 37.8 Å². The van der Waals surface area contributed by atoms with Crippen molar-refractivity contribution in [2.45, 2.75) is 6.54 Å². The molecule has 0 bridgehead atoms. The monoisotopic (exact) mass is 350 g/mol. The Morgan fingerprint density at radius 2 is 1.41 bits per heavy atom. The van der Waals surface area contributed by atoms with Gasteiger partial charge in [-0.1, -0.05) is 78.9 Å². The summed E-state index contributed by atoms with van der Waals surface area (Å²) in [6, 6.07) is 30.4. The van der Waals surface area contributed by atoms with Gasteiger partial charge in [0.15, 0.2) is 0 Å². The van der Waals surface area contributed by atoms with Gasteiger partial charge < -0.3 is 9.55 Å². The molecule has 0 fully saturated rings. The predicted octanol–water partition coefficient (Wildman–Crippen LogP) is 5.20. The minimum absolute atomic E-state index is 0.00593. The second-order valence-electron chi connectivity index (χ2n) is 6.73. The minimum Gasteiger partial charge on any atom is -0.350 e. The van der Waals surface area contributed by atoms with E-state index in [1.165, 1.54) is 0 Å². The fourth-order valence-corrected chi connectivity index (χ4v) is 3.71. The first-order valence-electron chi connectivity index (χ1n) is 9.05. The highest BCUT2D eigenvalue weighted by Gasteiger charge is 2.15. The molecule has 3 aromatic carbocycles. The lowest BCUT2D eigenvalue weighted by Crippen LogP contribution is -2.22. The zero-order chi connectivity index (χ0) is 18.2. The molecule has 0 saturated heterocycles. The van der Waals surface area contributed by atoms with Gasteiger partial charge in [0.25, 0.3) is 5.56 Å². The van der Waals surface area contributed by atoms with E-state index in [4.69, 9.17) is 0 Å². The molecule has 1 N–H and O–H groups in total. The summed E-state index contributed by atoms with van der Waals surface area (Å²) < 4.78 is 1.86. The van der Waals surface area contributed by atoms with E-state index in [1.807, 2.05) is 59.2 Å². The standard InChI is InChI=1S/C24H18N2O/c27-24-23-20(19-13-7-8-14-21(19)25-23)15-22(18-11-5-2-6-12-18)26(24)16-17-9-3-1-4-10-17/h1-15,25H,16H2. The molecule has 130 valence electrons. The molecule has 2 heterocycles. The van der Waals surface area contributed by atoms with Crippen LogP contribution in [-0.4, -0.2) is 9.55 Å². The van der Waals surface area contributed by atoms with Crippen molar-refractivity contribution in [2.24, 2.45) is 0 Å². The average Bonchev–Trinajstić information content (AvgIpc) is 3.10. The van der Waals surface area contributed by atoms with Gasteiger partial charge in [-0.05, 0) is 23.3 Å². The summed E-state index contributed by atoms with van der Waals surface area (Å²) in [6.07, 6.45) is 0. The van der Waals surface area contributed by atoms with Crippen molar-refractivity contribution in [3.05, 3.63) is 107 Å². The number of H-pyrrole nitrogens is 1. The average molecular weight is 350 g/mol. The van der Waals surface area contributed by atoms with E-state index >= 15 is 0 Å². The third-order valence-electron chi connectivity index (χ3n) is 5.03. The van der Waals surface area contributed by atoms with Crippen LogP contribution in [0.5, 0.6) is 0 Å². The van der Waals surface area contributed by atoms with Crippen molar-refractivity contribution in [2.75, 3.05) is 0 Å². The van der Waals surface area contributed by atoms with Gasteiger partial charge in [-0.2, -0.15) is 0 Å². The maximum atomic E-state index is 13.4. The van der Waals surface area contributed by atoms with Crippen molar-refractivity contribution in [3.63, 3.8) is 0 Å². The summed E-state index contributed by atoms with van der Waals surface area (Å²) in [5.41, 5.74) is 4.73. The lowest BCUT2D eigenvalue weighted by Gasteiger charge is -2.14. The molecule has 0 aliphatic heterocycles. The fourth-order valence-electron chi connectivity index (χ4n) is 3.71. The molecule has 0 radical (unpaired) electrons. The first-order valence-corrected chi connectivity index (χ1v) is 9.05. The quantitative estimate of drug-likeness (QED) is 0.477. The summed E-state index contributed by atoms with van der Waals surface area (Å²) in [4.78, 5) is 16.7. The van der Waals surface area contributed by atoms with Crippen LogP contribution in [0.2, 0.25) is 0 Å². The van der Waals surface area contributed by atoms with E-state index in [-0.39, 0.29) is 5.56 Å². The van der Waals surface area contributed by atoms with Gasteiger partial charge >= 0.3 is 0 Å². The minimum atomic E-state index is 0.00593. The molecule has 27 heavy (non-hydrogen) atoms. The van der Waals surface area contributed by atoms with Crippen molar-refractivity contribution in [3.8, 4) is 11.3 Å². The zero-order valence-electron chi connectivity index (χ0n) is 14.7. The molecule has 3 heteroatoms. The van der Waals surface area contributed by atoms with E-state index in [1.54, 1.807) is 0 Å². The van der Waals surface area contributed by atoms with Crippen LogP contribution in [0.1, 0.15) is 5.56 Å². The number of para-hydroxylation sites is 1. The molecule has 0 atom stereocenters. The first-order chi connectivity index (χ1) is 13.3. The normalized spacial score (nSPS) is 11.3. The lowest BCUT2D eigenvalue weighted by atomic mass is 10.1. The summed E-state index contributed by atoms with van der Waals surface area (Å²) in [7, 11) is 0. The highest BCUT2D eigenvalue weighted by molar-refractivity contribution is 6.07. The van der Waals surface area contributed by atoms with Gasteiger partial charge in [0.1, 0.15) is 5.52 Å². The number of nitrogens with one attached hydrogen (secondary N) is 1. The highest BCUT2D eigenvalue weighted by atomic mass is 16.1. The van der Waals surface area contributed by atoms with Crippen molar-refractivity contribution in [1.82, 2.24) is 9.55 Å². The Kier molecular flexibility index (Phi) is 3.65. The van der Waals surface area contributed by atoms with Crippen molar-refractivity contribution < 1.29 is 0 Å². The van der Waals surface area contributed by atoms with Crippen molar-refractivity contribution >= 4 is 21.8 Å². The fraction of sp³-hybridized carbons (Fsp3) is 0.0417. The van der Waals surface area contributed by atoms with Crippen molar-refractivity contribution in [1.29, 1.82) is 0 Å². The molecular weight excluding hydrogens is 332 g/mol. The number of pyridine rings is 1. The SMILES string of the molecule is O=c1c2[nH]c3ccccc3c2cc(-c2ccccc2)n1Cc1ccccc1. The number of rotatable bonds is 3.